The molecule has 0 saturated carbocycles. The lowest BCUT2D eigenvalue weighted by Crippen LogP contribution is -2.03. The van der Waals surface area contributed by atoms with Crippen molar-refractivity contribution in [3.05, 3.63) is 34.4 Å². The lowest BCUT2D eigenvalue weighted by molar-refractivity contribution is 0.0696. The molecular formula is C10H8ClNO2. The largest absolute Gasteiger partial charge is 0.478 e. The van der Waals surface area contributed by atoms with Crippen LogP contribution in [0.25, 0.3) is 0 Å². The minimum absolute atomic E-state index is 0.0992. The molecule has 3 nitrogen and oxygen atoms in total. The first kappa shape index (κ1) is 10.6. The Morgan fingerprint density at radius 3 is 2.71 bits per heavy atom. The van der Waals surface area contributed by atoms with Crippen molar-refractivity contribution in [3.8, 4) is 6.07 Å². The molecule has 0 aliphatic rings. The Labute approximate surface area is 86.5 Å². The van der Waals surface area contributed by atoms with E-state index in [4.69, 9.17) is 22.0 Å². The molecule has 0 aliphatic heterocycles. The highest BCUT2D eigenvalue weighted by atomic mass is 35.5. The number of rotatable bonds is 2. The number of halogens is 1. The van der Waals surface area contributed by atoms with Crippen molar-refractivity contribution in [2.24, 2.45) is 0 Å². The van der Waals surface area contributed by atoms with Crippen molar-refractivity contribution in [2.75, 3.05) is 0 Å². The van der Waals surface area contributed by atoms with E-state index in [1.54, 1.807) is 13.0 Å². The van der Waals surface area contributed by atoms with Crippen molar-refractivity contribution in [1.82, 2.24) is 0 Å². The van der Waals surface area contributed by atoms with E-state index >= 15 is 0 Å². The number of carboxylic acids is 1. The maximum absolute atomic E-state index is 10.8. The molecule has 0 saturated heterocycles. The molecule has 72 valence electrons. The lowest BCUT2D eigenvalue weighted by Gasteiger charge is -2.05. The number of nitriles is 1. The van der Waals surface area contributed by atoms with Crippen LogP contribution >= 0.6 is 11.6 Å². The van der Waals surface area contributed by atoms with Crippen LogP contribution in [0.1, 0.15) is 27.0 Å². The first-order valence-electron chi connectivity index (χ1n) is 3.93. The second kappa shape index (κ2) is 4.12. The number of carboxylic acid groups (broad SMARTS) is 1. The van der Waals surface area contributed by atoms with Gasteiger partial charge in [0.05, 0.1) is 17.2 Å². The highest BCUT2D eigenvalue weighted by molar-refractivity contribution is 6.17. The second-order valence-corrected chi connectivity index (χ2v) is 3.14. The van der Waals surface area contributed by atoms with Crippen molar-refractivity contribution in [3.63, 3.8) is 0 Å². The maximum atomic E-state index is 10.8. The number of hydrogen-bond donors (Lipinski definition) is 1. The van der Waals surface area contributed by atoms with Crippen molar-refractivity contribution in [2.45, 2.75) is 12.8 Å². The molecule has 1 N–H and O–H groups in total. The Kier molecular flexibility index (Phi) is 3.10. The van der Waals surface area contributed by atoms with Crippen molar-refractivity contribution in [1.29, 1.82) is 5.26 Å². The molecule has 1 aromatic carbocycles. The molecule has 0 unspecified atom stereocenters. The number of aryl methyl sites for hydroxylation is 1. The molecule has 0 spiro atoms. The molecule has 0 aliphatic carbocycles. The van der Waals surface area contributed by atoms with E-state index in [0.29, 0.717) is 11.1 Å². The highest BCUT2D eigenvalue weighted by Gasteiger charge is 2.12. The molecule has 0 atom stereocenters. The summed E-state index contributed by atoms with van der Waals surface area (Å²) in [5.41, 5.74) is 1.75. The van der Waals surface area contributed by atoms with Crippen LogP contribution in [-0.2, 0) is 5.88 Å². The molecule has 0 radical (unpaired) electrons. The van der Waals surface area contributed by atoms with Gasteiger partial charge in [0, 0.05) is 5.88 Å². The predicted molar refractivity (Wildman–Crippen MR) is 52.4 cm³/mol. The van der Waals surface area contributed by atoms with Crippen molar-refractivity contribution >= 4 is 17.6 Å². The van der Waals surface area contributed by atoms with Crippen LogP contribution in [0, 0.1) is 18.3 Å². The number of carbonyl (C=O) groups is 1. The normalized spacial score (nSPS) is 9.50. The Balaban J connectivity index is 3.42. The van der Waals surface area contributed by atoms with Crippen LogP contribution < -0.4 is 0 Å². The fraction of sp³-hybridized carbons (Fsp3) is 0.200. The Morgan fingerprint density at radius 2 is 2.29 bits per heavy atom. The topological polar surface area (TPSA) is 61.1 Å². The molecule has 14 heavy (non-hydrogen) atoms. The summed E-state index contributed by atoms with van der Waals surface area (Å²) in [5.74, 6) is -0.925. The quantitative estimate of drug-likeness (QED) is 0.761. The van der Waals surface area contributed by atoms with Gasteiger partial charge in [-0.25, -0.2) is 4.79 Å². The maximum Gasteiger partial charge on any atom is 0.336 e. The molecule has 0 amide bonds. The van der Waals surface area contributed by atoms with Gasteiger partial charge in [-0.05, 0) is 24.1 Å². The molecule has 4 heteroatoms. The monoisotopic (exact) mass is 209 g/mol. The predicted octanol–water partition coefficient (Wildman–Crippen LogP) is 2.30. The van der Waals surface area contributed by atoms with Gasteiger partial charge in [-0.3, -0.25) is 0 Å². The number of alkyl halides is 1. The molecule has 0 aromatic heterocycles. The molecule has 0 heterocycles. The Hall–Kier alpha value is -1.53. The van der Waals surface area contributed by atoms with Crippen LogP contribution in [0.4, 0.5) is 0 Å². The van der Waals surface area contributed by atoms with Gasteiger partial charge >= 0.3 is 5.97 Å². The Bertz CT molecular complexity index is 421. The standard InChI is InChI=1S/C10H8ClNO2/c1-6-2-7(4-11)9(10(13)14)3-8(6)5-12/h2-3H,4H2,1H3,(H,13,14). The average molecular weight is 210 g/mol. The van der Waals surface area contributed by atoms with Gasteiger partial charge in [0.2, 0.25) is 0 Å². The van der Waals surface area contributed by atoms with Gasteiger partial charge in [-0.2, -0.15) is 5.26 Å². The van der Waals surface area contributed by atoms with Crippen LogP contribution in [0.15, 0.2) is 12.1 Å². The first-order valence-corrected chi connectivity index (χ1v) is 4.46. The van der Waals surface area contributed by atoms with Crippen LogP contribution in [0.2, 0.25) is 0 Å². The molecule has 1 aromatic rings. The zero-order chi connectivity index (χ0) is 10.7. The smallest absolute Gasteiger partial charge is 0.336 e. The van der Waals surface area contributed by atoms with E-state index in [1.807, 2.05) is 6.07 Å². The van der Waals surface area contributed by atoms with E-state index in [-0.39, 0.29) is 11.4 Å². The fourth-order valence-corrected chi connectivity index (χ4v) is 1.42. The molecular weight excluding hydrogens is 202 g/mol. The van der Waals surface area contributed by atoms with Crippen LogP contribution in [0.3, 0.4) is 0 Å². The molecule has 1 rings (SSSR count). The zero-order valence-electron chi connectivity index (χ0n) is 7.54. The van der Waals surface area contributed by atoms with E-state index in [9.17, 15) is 4.79 Å². The summed E-state index contributed by atoms with van der Waals surface area (Å²) in [6.45, 7) is 1.75. The van der Waals surface area contributed by atoms with Gasteiger partial charge < -0.3 is 5.11 Å². The first-order chi connectivity index (χ1) is 6.60. The highest BCUT2D eigenvalue weighted by Crippen LogP contribution is 2.18. The number of benzene rings is 1. The number of nitrogens with zero attached hydrogens (tertiary/aromatic N) is 1. The van der Waals surface area contributed by atoms with Gasteiger partial charge in [0.25, 0.3) is 0 Å². The fourth-order valence-electron chi connectivity index (χ4n) is 1.20. The zero-order valence-corrected chi connectivity index (χ0v) is 8.30. The second-order valence-electron chi connectivity index (χ2n) is 2.87. The third kappa shape index (κ3) is 1.86. The van der Waals surface area contributed by atoms with Crippen LogP contribution in [-0.4, -0.2) is 11.1 Å². The van der Waals surface area contributed by atoms with E-state index in [0.717, 1.165) is 5.56 Å². The SMILES string of the molecule is Cc1cc(CCl)c(C(=O)O)cc1C#N. The van der Waals surface area contributed by atoms with Crippen molar-refractivity contribution < 1.29 is 9.90 Å². The number of aromatic carboxylic acids is 1. The minimum atomic E-state index is -1.06. The Morgan fingerprint density at radius 1 is 1.64 bits per heavy atom. The van der Waals surface area contributed by atoms with E-state index < -0.39 is 5.97 Å². The summed E-state index contributed by atoms with van der Waals surface area (Å²) in [5, 5.41) is 17.6. The average Bonchev–Trinajstić information content (AvgIpc) is 2.16. The minimum Gasteiger partial charge on any atom is -0.478 e. The molecule has 0 bridgehead atoms. The summed E-state index contributed by atoms with van der Waals surface area (Å²) < 4.78 is 0. The van der Waals surface area contributed by atoms with E-state index in [2.05, 4.69) is 0 Å². The summed E-state index contributed by atoms with van der Waals surface area (Å²) in [4.78, 5) is 10.8. The van der Waals surface area contributed by atoms with Gasteiger partial charge in [-0.1, -0.05) is 6.07 Å². The van der Waals surface area contributed by atoms with Gasteiger partial charge in [0.1, 0.15) is 0 Å². The summed E-state index contributed by atoms with van der Waals surface area (Å²) in [6, 6.07) is 4.93. The van der Waals surface area contributed by atoms with Crippen LogP contribution in [0.5, 0.6) is 0 Å². The third-order valence-corrected chi connectivity index (χ3v) is 2.23. The number of hydrogen-bond acceptors (Lipinski definition) is 2. The molecule has 0 fully saturated rings. The van der Waals surface area contributed by atoms with Gasteiger partial charge in [0.15, 0.2) is 0 Å². The van der Waals surface area contributed by atoms with E-state index in [1.165, 1.54) is 6.07 Å². The third-order valence-electron chi connectivity index (χ3n) is 1.95. The lowest BCUT2D eigenvalue weighted by atomic mass is 10.0. The summed E-state index contributed by atoms with van der Waals surface area (Å²) >= 11 is 5.60. The summed E-state index contributed by atoms with van der Waals surface area (Å²) in [6.07, 6.45) is 0. The summed E-state index contributed by atoms with van der Waals surface area (Å²) in [7, 11) is 0. The van der Waals surface area contributed by atoms with Gasteiger partial charge in [-0.15, -0.1) is 11.6 Å².